The molecule has 5 heteroatoms. The Morgan fingerprint density at radius 2 is 1.28 bits per heavy atom. The van der Waals surface area contributed by atoms with Gasteiger partial charge in [0.05, 0.1) is 22.4 Å². The zero-order valence-electron chi connectivity index (χ0n) is 26.7. The van der Waals surface area contributed by atoms with Crippen molar-refractivity contribution >= 4 is 54.5 Å². The fourth-order valence-electron chi connectivity index (χ4n) is 7.39. The molecule has 0 fully saturated rings. The second-order valence-corrected chi connectivity index (χ2v) is 12.5. The normalized spacial score (nSPS) is 11.6. The number of para-hydroxylation sites is 2. The predicted octanol–water partition coefficient (Wildman–Crippen LogP) is 11.5. The summed E-state index contributed by atoms with van der Waals surface area (Å²) in [7, 11) is 0. The summed E-state index contributed by atoms with van der Waals surface area (Å²) in [6, 6.07) is 56.1. The monoisotopic (exact) mass is 638 g/mol. The van der Waals surface area contributed by atoms with E-state index >= 15 is 0 Å². The molecule has 0 aliphatic rings. The highest BCUT2D eigenvalue weighted by molar-refractivity contribution is 6.24. The molecule has 0 radical (unpaired) electrons. The van der Waals surface area contributed by atoms with Crippen molar-refractivity contribution in [3.8, 4) is 45.7 Å². The van der Waals surface area contributed by atoms with E-state index in [0.717, 1.165) is 76.9 Å². The van der Waals surface area contributed by atoms with Gasteiger partial charge in [0.1, 0.15) is 17.2 Å². The Labute approximate surface area is 286 Å². The minimum Gasteiger partial charge on any atom is -0.454 e. The average Bonchev–Trinajstić information content (AvgIpc) is 3.74. The van der Waals surface area contributed by atoms with Crippen LogP contribution in [0.25, 0.3) is 94.1 Å². The van der Waals surface area contributed by atoms with E-state index in [-0.39, 0.29) is 0 Å². The smallest absolute Gasteiger partial charge is 0.160 e. The lowest BCUT2D eigenvalue weighted by Crippen LogP contribution is -2.01. The van der Waals surface area contributed by atoms with Crippen LogP contribution in [0.5, 0.6) is 0 Å². The van der Waals surface area contributed by atoms with Gasteiger partial charge in [0.15, 0.2) is 11.4 Å². The van der Waals surface area contributed by atoms with Crippen LogP contribution in [0, 0.1) is 11.3 Å². The zero-order valence-corrected chi connectivity index (χ0v) is 26.7. The molecule has 0 aliphatic heterocycles. The van der Waals surface area contributed by atoms with Crippen molar-refractivity contribution in [2.75, 3.05) is 0 Å². The van der Waals surface area contributed by atoms with Gasteiger partial charge in [0.2, 0.25) is 0 Å². The molecule has 3 aromatic heterocycles. The number of furan rings is 1. The van der Waals surface area contributed by atoms with Gasteiger partial charge < -0.3 is 8.98 Å². The van der Waals surface area contributed by atoms with E-state index in [1.807, 2.05) is 78.9 Å². The molecule has 0 bridgehead atoms. The fraction of sp³-hybridized carbons (Fsp3) is 0. The van der Waals surface area contributed by atoms with Gasteiger partial charge in [-0.05, 0) is 47.2 Å². The third-order valence-electron chi connectivity index (χ3n) is 9.64. The van der Waals surface area contributed by atoms with E-state index in [1.165, 1.54) is 0 Å². The number of benzene rings is 7. The second-order valence-electron chi connectivity index (χ2n) is 12.5. The lowest BCUT2D eigenvalue weighted by molar-refractivity contribution is 0.671. The first-order chi connectivity index (χ1) is 24.8. The maximum Gasteiger partial charge on any atom is 0.160 e. The molecule has 0 amide bonds. The molecule has 3 heterocycles. The standard InChI is InChI=1S/C45H26N4O/c46-27-37-41(31-23-22-28-12-7-8-15-30(28)26-31)47-45(29-13-3-1-4-14-29)48-42(37)35-19-11-20-38-40(35)36-25-24-34-33-18-9-10-21-39(33)50-44(34)43(36)49(38)32-16-5-2-6-17-32/h1-26H. The number of rotatable bonds is 4. The molecule has 0 saturated heterocycles. The molecule has 50 heavy (non-hydrogen) atoms. The summed E-state index contributed by atoms with van der Waals surface area (Å²) in [5.41, 5.74) is 8.86. The molecule has 232 valence electrons. The van der Waals surface area contributed by atoms with Gasteiger partial charge in [-0.1, -0.05) is 121 Å². The van der Waals surface area contributed by atoms with Gasteiger partial charge in [0, 0.05) is 43.9 Å². The van der Waals surface area contributed by atoms with E-state index in [1.54, 1.807) is 0 Å². The molecule has 10 rings (SSSR count). The number of nitriles is 1. The van der Waals surface area contributed by atoms with Crippen LogP contribution in [0.2, 0.25) is 0 Å². The highest BCUT2D eigenvalue weighted by Gasteiger charge is 2.25. The summed E-state index contributed by atoms with van der Waals surface area (Å²) >= 11 is 0. The van der Waals surface area contributed by atoms with Crippen molar-refractivity contribution in [2.45, 2.75) is 0 Å². The van der Waals surface area contributed by atoms with Crippen molar-refractivity contribution < 1.29 is 4.42 Å². The molecule has 5 nitrogen and oxygen atoms in total. The van der Waals surface area contributed by atoms with Gasteiger partial charge in [0.25, 0.3) is 0 Å². The van der Waals surface area contributed by atoms with E-state index in [9.17, 15) is 5.26 Å². The van der Waals surface area contributed by atoms with Crippen molar-refractivity contribution in [3.63, 3.8) is 0 Å². The quantitative estimate of drug-likeness (QED) is 0.192. The van der Waals surface area contributed by atoms with Crippen LogP contribution in [0.1, 0.15) is 5.56 Å². The third kappa shape index (κ3) is 4.19. The molecule has 0 spiro atoms. The summed E-state index contributed by atoms with van der Waals surface area (Å²) < 4.78 is 8.91. The highest BCUT2D eigenvalue weighted by Crippen LogP contribution is 2.44. The summed E-state index contributed by atoms with van der Waals surface area (Å²) in [6.45, 7) is 0. The predicted molar refractivity (Wildman–Crippen MR) is 202 cm³/mol. The van der Waals surface area contributed by atoms with Crippen molar-refractivity contribution in [1.29, 1.82) is 5.26 Å². The Hall–Kier alpha value is -7.03. The number of hydrogen-bond acceptors (Lipinski definition) is 4. The van der Waals surface area contributed by atoms with Crippen LogP contribution in [0.15, 0.2) is 162 Å². The topological polar surface area (TPSA) is 67.6 Å². The third-order valence-corrected chi connectivity index (χ3v) is 9.64. The lowest BCUT2D eigenvalue weighted by Gasteiger charge is -2.14. The van der Waals surface area contributed by atoms with Crippen LogP contribution in [-0.4, -0.2) is 14.5 Å². The molecular weight excluding hydrogens is 613 g/mol. The van der Waals surface area contributed by atoms with E-state index in [2.05, 4.69) is 89.5 Å². The largest absolute Gasteiger partial charge is 0.454 e. The first kappa shape index (κ1) is 28.0. The molecule has 0 saturated carbocycles. The Morgan fingerprint density at radius 3 is 2.12 bits per heavy atom. The zero-order chi connectivity index (χ0) is 33.2. The van der Waals surface area contributed by atoms with E-state index in [4.69, 9.17) is 14.4 Å². The number of fused-ring (bicyclic) bond motifs is 8. The van der Waals surface area contributed by atoms with Crippen molar-refractivity contribution in [1.82, 2.24) is 14.5 Å². The van der Waals surface area contributed by atoms with Gasteiger partial charge in [-0.2, -0.15) is 5.26 Å². The summed E-state index contributed by atoms with van der Waals surface area (Å²) in [6.07, 6.45) is 0. The minimum absolute atomic E-state index is 0.429. The SMILES string of the molecule is N#Cc1c(-c2ccc3ccccc3c2)nc(-c2ccccc2)nc1-c1cccc2c1c1ccc3c4ccccc4oc3c1n2-c1ccccc1. The van der Waals surface area contributed by atoms with Crippen molar-refractivity contribution in [3.05, 3.63) is 163 Å². The maximum atomic E-state index is 10.9. The van der Waals surface area contributed by atoms with Gasteiger partial charge in [-0.3, -0.25) is 0 Å². The average molecular weight is 639 g/mol. The van der Waals surface area contributed by atoms with Crippen LogP contribution >= 0.6 is 0 Å². The highest BCUT2D eigenvalue weighted by atomic mass is 16.3. The lowest BCUT2D eigenvalue weighted by atomic mass is 9.95. The van der Waals surface area contributed by atoms with Gasteiger partial charge >= 0.3 is 0 Å². The summed E-state index contributed by atoms with van der Waals surface area (Å²) in [5.74, 6) is 0.561. The summed E-state index contributed by atoms with van der Waals surface area (Å²) in [4.78, 5) is 10.3. The first-order valence-corrected chi connectivity index (χ1v) is 16.6. The van der Waals surface area contributed by atoms with Gasteiger partial charge in [-0.15, -0.1) is 0 Å². The maximum absolute atomic E-state index is 10.9. The number of aromatic nitrogens is 3. The molecule has 10 aromatic rings. The molecule has 0 unspecified atom stereocenters. The molecule has 0 aliphatic carbocycles. The van der Waals surface area contributed by atoms with E-state index < -0.39 is 0 Å². The Bertz CT molecular complexity index is 2990. The Balaban J connectivity index is 1.34. The first-order valence-electron chi connectivity index (χ1n) is 16.6. The van der Waals surface area contributed by atoms with E-state index in [0.29, 0.717) is 22.8 Å². The summed E-state index contributed by atoms with van der Waals surface area (Å²) in [5, 5.41) is 17.3. The Kier molecular flexibility index (Phi) is 6.17. The fourth-order valence-corrected chi connectivity index (χ4v) is 7.39. The van der Waals surface area contributed by atoms with Crippen LogP contribution in [0.3, 0.4) is 0 Å². The molecule has 0 N–H and O–H groups in total. The second kappa shape index (κ2) is 11.0. The molecule has 0 atom stereocenters. The van der Waals surface area contributed by atoms with Crippen LogP contribution < -0.4 is 0 Å². The van der Waals surface area contributed by atoms with Gasteiger partial charge in [-0.25, -0.2) is 9.97 Å². The molecule has 7 aromatic carbocycles. The van der Waals surface area contributed by atoms with Crippen LogP contribution in [-0.2, 0) is 0 Å². The number of hydrogen-bond donors (Lipinski definition) is 0. The minimum atomic E-state index is 0.429. The van der Waals surface area contributed by atoms with Crippen molar-refractivity contribution in [2.24, 2.45) is 0 Å². The molecular formula is C45H26N4O. The Morgan fingerprint density at radius 1 is 0.560 bits per heavy atom. The number of nitrogens with zero attached hydrogens (tertiary/aromatic N) is 4. The van der Waals surface area contributed by atoms with Crippen LogP contribution in [0.4, 0.5) is 0 Å².